The number of allylic oxidation sites excluding steroid dienone is 11. The van der Waals surface area contributed by atoms with E-state index in [1.165, 1.54) is 54.6 Å². The highest BCUT2D eigenvalue weighted by atomic mass is 32.2. The van der Waals surface area contributed by atoms with Crippen LogP contribution in [0.4, 0.5) is 0 Å². The maximum atomic E-state index is 4.30. The van der Waals surface area contributed by atoms with E-state index in [-0.39, 0.29) is 0 Å². The second-order valence-corrected chi connectivity index (χ2v) is 8.66. The maximum absolute atomic E-state index is 4.30. The van der Waals surface area contributed by atoms with Crippen LogP contribution in [0.15, 0.2) is 70.2 Å². The van der Waals surface area contributed by atoms with Gasteiger partial charge in [-0.1, -0.05) is 82.7 Å². The second kappa shape index (κ2) is 16.7. The summed E-state index contributed by atoms with van der Waals surface area (Å²) >= 11 is 2.07. The minimum Gasteiger partial charge on any atom is -0.131 e. The molecule has 0 rings (SSSR count). The minimum atomic E-state index is 0.353. The molecule has 28 heavy (non-hydrogen) atoms. The molecule has 0 aliphatic carbocycles. The molecule has 0 fully saturated rings. The molecule has 0 aromatic heterocycles. The van der Waals surface area contributed by atoms with E-state index in [0.29, 0.717) is 5.92 Å². The first-order valence-electron chi connectivity index (χ1n) is 11.1. The summed E-state index contributed by atoms with van der Waals surface area (Å²) in [7, 11) is 0. The Morgan fingerprint density at radius 3 is 2.36 bits per heavy atom. The summed E-state index contributed by atoms with van der Waals surface area (Å²) < 4.78 is 0. The van der Waals surface area contributed by atoms with Crippen molar-refractivity contribution in [1.29, 1.82) is 0 Å². The van der Waals surface area contributed by atoms with Crippen LogP contribution in [0, 0.1) is 5.92 Å². The molecule has 158 valence electrons. The second-order valence-electron chi connectivity index (χ2n) is 7.47. The molecule has 1 unspecified atom stereocenters. The zero-order chi connectivity index (χ0) is 21.4. The Morgan fingerprint density at radius 2 is 1.79 bits per heavy atom. The quantitative estimate of drug-likeness (QED) is 0.261. The van der Waals surface area contributed by atoms with Gasteiger partial charge in [-0.3, -0.25) is 0 Å². The Labute approximate surface area is 180 Å². The van der Waals surface area contributed by atoms with E-state index in [0.717, 1.165) is 6.42 Å². The summed E-state index contributed by atoms with van der Waals surface area (Å²) in [5, 5.41) is 0. The Balaban J connectivity index is 4.98. The van der Waals surface area contributed by atoms with Crippen molar-refractivity contribution in [1.82, 2.24) is 0 Å². The molecule has 0 aromatic carbocycles. The molecule has 0 heterocycles. The fourth-order valence-corrected chi connectivity index (χ4v) is 4.07. The summed E-state index contributed by atoms with van der Waals surface area (Å²) in [6, 6.07) is 0. The van der Waals surface area contributed by atoms with Gasteiger partial charge >= 0.3 is 0 Å². The molecule has 0 bridgehead atoms. The van der Waals surface area contributed by atoms with Crippen LogP contribution in [0.2, 0.25) is 0 Å². The molecule has 1 heteroatoms. The van der Waals surface area contributed by atoms with E-state index < -0.39 is 0 Å². The maximum Gasteiger partial charge on any atom is -0.00105 e. The van der Waals surface area contributed by atoms with Crippen molar-refractivity contribution >= 4 is 11.8 Å². The van der Waals surface area contributed by atoms with Gasteiger partial charge in [-0.2, -0.15) is 0 Å². The smallest absolute Gasteiger partial charge is 0.00105 e. The van der Waals surface area contributed by atoms with E-state index in [1.807, 2.05) is 0 Å². The van der Waals surface area contributed by atoms with Crippen LogP contribution in [0.3, 0.4) is 0 Å². The predicted molar refractivity (Wildman–Crippen MR) is 134 cm³/mol. The summed E-state index contributed by atoms with van der Waals surface area (Å²) in [6.45, 7) is 19.8. The Kier molecular flexibility index (Phi) is 16.0. The van der Waals surface area contributed by atoms with Gasteiger partial charge in [-0.15, -0.1) is 11.8 Å². The van der Waals surface area contributed by atoms with Crippen molar-refractivity contribution in [2.45, 2.75) is 87.0 Å². The van der Waals surface area contributed by atoms with Gasteiger partial charge in [0.25, 0.3) is 0 Å². The largest absolute Gasteiger partial charge is 0.131 e. The monoisotopic (exact) mass is 400 g/mol. The first-order chi connectivity index (χ1) is 13.4. The van der Waals surface area contributed by atoms with Crippen LogP contribution in [0.25, 0.3) is 0 Å². The molecule has 0 N–H and O–H groups in total. The number of thioether (sulfide) groups is 1. The molecule has 0 saturated heterocycles. The number of rotatable bonds is 14. The van der Waals surface area contributed by atoms with Crippen LogP contribution >= 0.6 is 11.8 Å². The number of hydrogen-bond donors (Lipinski definition) is 0. The van der Waals surface area contributed by atoms with E-state index in [1.54, 1.807) is 10.5 Å². The third-order valence-electron chi connectivity index (χ3n) is 5.08. The van der Waals surface area contributed by atoms with Crippen molar-refractivity contribution in [2.75, 3.05) is 5.75 Å². The van der Waals surface area contributed by atoms with E-state index in [2.05, 4.69) is 103 Å². The van der Waals surface area contributed by atoms with Crippen LogP contribution in [0.5, 0.6) is 0 Å². The lowest BCUT2D eigenvalue weighted by molar-refractivity contribution is 0.769. The topological polar surface area (TPSA) is 0 Å². The highest BCUT2D eigenvalue weighted by Crippen LogP contribution is 2.29. The Bertz CT molecular complexity index is 596. The fraction of sp³-hybridized carbons (Fsp3) is 0.556. The van der Waals surface area contributed by atoms with Crippen LogP contribution < -0.4 is 0 Å². The molecule has 0 aliphatic rings. The van der Waals surface area contributed by atoms with Gasteiger partial charge in [0.1, 0.15) is 0 Å². The van der Waals surface area contributed by atoms with E-state index in [9.17, 15) is 0 Å². The lowest BCUT2D eigenvalue weighted by atomic mass is 9.92. The first-order valence-corrected chi connectivity index (χ1v) is 12.1. The summed E-state index contributed by atoms with van der Waals surface area (Å²) in [5.74, 6) is 1.59. The van der Waals surface area contributed by atoms with E-state index >= 15 is 0 Å². The average molecular weight is 401 g/mol. The van der Waals surface area contributed by atoms with Crippen LogP contribution in [0.1, 0.15) is 87.0 Å². The lowest BCUT2D eigenvalue weighted by Gasteiger charge is -2.13. The average Bonchev–Trinajstić information content (AvgIpc) is 2.70. The van der Waals surface area contributed by atoms with Gasteiger partial charge < -0.3 is 0 Å². The van der Waals surface area contributed by atoms with Crippen molar-refractivity contribution in [3.63, 3.8) is 0 Å². The number of unbranched alkanes of at least 4 members (excludes halogenated alkanes) is 1. The molecular formula is C27H44S. The molecule has 0 aliphatic heterocycles. The summed E-state index contributed by atoms with van der Waals surface area (Å²) in [4.78, 5) is 1.62. The zero-order valence-electron chi connectivity index (χ0n) is 19.6. The van der Waals surface area contributed by atoms with Gasteiger partial charge in [0.15, 0.2) is 0 Å². The van der Waals surface area contributed by atoms with Gasteiger partial charge in [-0.05, 0) is 86.2 Å². The van der Waals surface area contributed by atoms with Crippen LogP contribution in [-0.4, -0.2) is 5.75 Å². The predicted octanol–water partition coefficient (Wildman–Crippen LogP) is 9.59. The minimum absolute atomic E-state index is 0.353. The Hall–Kier alpha value is -1.21. The molecule has 0 radical (unpaired) electrons. The third-order valence-corrected chi connectivity index (χ3v) is 6.62. The molecule has 0 aromatic rings. The molecule has 0 nitrogen and oxygen atoms in total. The third kappa shape index (κ3) is 11.0. The fourth-order valence-electron chi connectivity index (χ4n) is 3.03. The van der Waals surface area contributed by atoms with Crippen molar-refractivity contribution in [2.24, 2.45) is 5.92 Å². The highest BCUT2D eigenvalue weighted by Gasteiger charge is 2.07. The van der Waals surface area contributed by atoms with E-state index in [4.69, 9.17) is 0 Å². The normalized spacial score (nSPS) is 15.4. The van der Waals surface area contributed by atoms with Gasteiger partial charge in [0.2, 0.25) is 0 Å². The van der Waals surface area contributed by atoms with Crippen molar-refractivity contribution in [3.05, 3.63) is 70.2 Å². The molecule has 0 saturated carbocycles. The van der Waals surface area contributed by atoms with Crippen LogP contribution in [-0.2, 0) is 0 Å². The Morgan fingerprint density at radius 1 is 1.07 bits per heavy atom. The summed E-state index contributed by atoms with van der Waals surface area (Å²) in [6.07, 6.45) is 20.5. The summed E-state index contributed by atoms with van der Waals surface area (Å²) in [5.41, 5.74) is 5.44. The van der Waals surface area contributed by atoms with Crippen molar-refractivity contribution in [3.8, 4) is 0 Å². The van der Waals surface area contributed by atoms with Gasteiger partial charge in [0.05, 0.1) is 0 Å². The standard InChI is InChI=1S/C27H44S/c1-9-13-19-26(27(12-4)28-21-11-3)20-16-14-15-18-23(6)25(8)24(7)22(5)17-10-2/h10,14-18,23H,8-9,11-13,19-21H2,1-7H3/b16-14-,17-10-,18-15-,24-22+,27-26+. The number of hydrogen-bond acceptors (Lipinski definition) is 1. The highest BCUT2D eigenvalue weighted by molar-refractivity contribution is 8.03. The zero-order valence-corrected chi connectivity index (χ0v) is 20.4. The molecule has 0 amide bonds. The van der Waals surface area contributed by atoms with Gasteiger partial charge in [0, 0.05) is 0 Å². The molecular weight excluding hydrogens is 356 g/mol. The molecule has 1 atom stereocenters. The SMILES string of the molecule is C=C(/C(C)=C(C)/C=C\C)C(C)/C=C\C=C/C/C(CCCC)=C(\CC)SCCC. The first kappa shape index (κ1) is 26.8. The molecule has 0 spiro atoms. The lowest BCUT2D eigenvalue weighted by Crippen LogP contribution is -1.97. The van der Waals surface area contributed by atoms with Crippen molar-refractivity contribution < 1.29 is 0 Å². The van der Waals surface area contributed by atoms with Gasteiger partial charge in [-0.25, -0.2) is 0 Å².